The van der Waals surface area contributed by atoms with Gasteiger partial charge in [0.25, 0.3) is 0 Å². The molecule has 190 valence electrons. The zero-order valence-corrected chi connectivity index (χ0v) is 20.3. The van der Waals surface area contributed by atoms with E-state index in [2.05, 4.69) is 20.5 Å². The fraction of sp³-hybridized carbons (Fsp3) is 0.360. The number of carbonyl (C=O) groups excluding carboxylic acids is 1. The molecule has 1 fully saturated rings. The van der Waals surface area contributed by atoms with Crippen LogP contribution in [0.3, 0.4) is 0 Å². The van der Waals surface area contributed by atoms with Crippen molar-refractivity contribution in [2.24, 2.45) is 0 Å². The van der Waals surface area contributed by atoms with Gasteiger partial charge in [0.2, 0.25) is 5.91 Å². The zero-order valence-electron chi connectivity index (χ0n) is 19.5. The molecule has 0 unspecified atom stereocenters. The molecule has 3 aromatic rings. The average molecular weight is 513 g/mol. The second kappa shape index (κ2) is 12.6. The van der Waals surface area contributed by atoms with Gasteiger partial charge >= 0.3 is 5.97 Å². The van der Waals surface area contributed by atoms with E-state index in [1.807, 2.05) is 48.5 Å². The summed E-state index contributed by atoms with van der Waals surface area (Å²) in [6.07, 6.45) is 1.01. The highest BCUT2D eigenvalue weighted by Crippen LogP contribution is 2.39. The molecule has 0 aliphatic carbocycles. The normalized spacial score (nSPS) is 19.6. The number of aliphatic hydroxyl groups excluding tert-OH is 1. The van der Waals surface area contributed by atoms with Crippen LogP contribution < -0.4 is 5.32 Å². The van der Waals surface area contributed by atoms with Crippen LogP contribution in [0, 0.1) is 0 Å². The molecule has 2 heterocycles. The molecule has 1 saturated heterocycles. The van der Waals surface area contributed by atoms with Gasteiger partial charge in [-0.05, 0) is 16.7 Å². The molecule has 10 nitrogen and oxygen atoms in total. The van der Waals surface area contributed by atoms with Crippen LogP contribution in [-0.2, 0) is 32.2 Å². The van der Waals surface area contributed by atoms with E-state index in [0.29, 0.717) is 18.7 Å². The molecule has 2 aromatic carbocycles. The summed E-state index contributed by atoms with van der Waals surface area (Å²) in [7, 11) is 0. The van der Waals surface area contributed by atoms with E-state index in [-0.39, 0.29) is 37.6 Å². The van der Waals surface area contributed by atoms with Crippen molar-refractivity contribution in [3.63, 3.8) is 0 Å². The lowest BCUT2D eigenvalue weighted by Crippen LogP contribution is -2.31. The second-order valence-electron chi connectivity index (χ2n) is 8.36. The Morgan fingerprint density at radius 3 is 2.42 bits per heavy atom. The maximum Gasteiger partial charge on any atom is 0.303 e. The summed E-state index contributed by atoms with van der Waals surface area (Å²) in [5, 5.41) is 28.2. The van der Waals surface area contributed by atoms with Crippen LogP contribution in [0.25, 0.3) is 0 Å². The Morgan fingerprint density at radius 2 is 1.75 bits per heavy atom. The number of benzene rings is 2. The fourth-order valence-electron chi connectivity index (χ4n) is 3.76. The van der Waals surface area contributed by atoms with Crippen molar-refractivity contribution >= 4 is 23.6 Å². The smallest absolute Gasteiger partial charge is 0.303 e. The summed E-state index contributed by atoms with van der Waals surface area (Å²) in [5.74, 6) is -0.634. The second-order valence-corrected chi connectivity index (χ2v) is 9.37. The number of aliphatic carboxylic acids is 1. The molecule has 4 rings (SSSR count). The first-order valence-corrected chi connectivity index (χ1v) is 12.5. The van der Waals surface area contributed by atoms with E-state index in [4.69, 9.17) is 14.6 Å². The van der Waals surface area contributed by atoms with Crippen LogP contribution in [0.5, 0.6) is 0 Å². The minimum absolute atomic E-state index is 0.0135. The summed E-state index contributed by atoms with van der Waals surface area (Å²) in [4.78, 5) is 26.6. The highest BCUT2D eigenvalue weighted by molar-refractivity contribution is 7.99. The van der Waals surface area contributed by atoms with E-state index in [9.17, 15) is 14.7 Å². The number of aromatic nitrogens is 3. The summed E-state index contributed by atoms with van der Waals surface area (Å²) < 4.78 is 12.6. The van der Waals surface area contributed by atoms with Gasteiger partial charge in [0.05, 0.1) is 25.2 Å². The molecule has 4 N–H and O–H groups in total. The molecule has 1 aliphatic rings. The van der Waals surface area contributed by atoms with Gasteiger partial charge in [-0.15, -0.1) is 0 Å². The molecule has 0 radical (unpaired) electrons. The van der Waals surface area contributed by atoms with Gasteiger partial charge in [0, 0.05) is 30.7 Å². The van der Waals surface area contributed by atoms with E-state index in [0.717, 1.165) is 27.4 Å². The number of hydrogen-bond acceptors (Lipinski definition) is 8. The first-order chi connectivity index (χ1) is 17.5. The molecular weight excluding hydrogens is 484 g/mol. The lowest BCUT2D eigenvalue weighted by molar-refractivity contribution is -0.245. The number of aliphatic hydroxyl groups is 1. The molecule has 0 spiro atoms. The van der Waals surface area contributed by atoms with E-state index in [1.54, 1.807) is 0 Å². The highest BCUT2D eigenvalue weighted by atomic mass is 32.2. The maximum atomic E-state index is 11.8. The number of carboxylic acids is 1. The summed E-state index contributed by atoms with van der Waals surface area (Å²) >= 11 is 1.53. The first kappa shape index (κ1) is 25.8. The molecule has 1 aromatic heterocycles. The summed E-state index contributed by atoms with van der Waals surface area (Å²) in [6, 6.07) is 15.3. The molecule has 1 aliphatic heterocycles. The van der Waals surface area contributed by atoms with E-state index < -0.39 is 12.3 Å². The first-order valence-electron chi connectivity index (χ1n) is 11.6. The number of nitrogens with one attached hydrogen (secondary N) is 2. The number of carbonyl (C=O) groups is 2. The molecule has 0 saturated carbocycles. The minimum atomic E-state index is -0.998. The summed E-state index contributed by atoms with van der Waals surface area (Å²) in [5.41, 5.74) is 3.58. The molecular formula is C25H28N4O6S. The van der Waals surface area contributed by atoms with Crippen molar-refractivity contribution in [1.82, 2.24) is 20.5 Å². The number of amides is 1. The lowest BCUT2D eigenvalue weighted by atomic mass is 10.0. The van der Waals surface area contributed by atoms with Gasteiger partial charge in [0.15, 0.2) is 11.4 Å². The van der Waals surface area contributed by atoms with Crippen molar-refractivity contribution in [2.45, 2.75) is 56.1 Å². The molecule has 36 heavy (non-hydrogen) atoms. The zero-order chi connectivity index (χ0) is 25.3. The monoisotopic (exact) mass is 512 g/mol. The van der Waals surface area contributed by atoms with Crippen molar-refractivity contribution in [2.75, 3.05) is 5.75 Å². The van der Waals surface area contributed by atoms with E-state index >= 15 is 0 Å². The Morgan fingerprint density at radius 1 is 1.03 bits per heavy atom. The number of carboxylic acid groups (broad SMARTS) is 1. The van der Waals surface area contributed by atoms with Crippen LogP contribution in [0.4, 0.5) is 0 Å². The highest BCUT2D eigenvalue weighted by Gasteiger charge is 2.32. The fourth-order valence-corrected chi connectivity index (χ4v) is 4.56. The quantitative estimate of drug-likeness (QED) is 0.285. The van der Waals surface area contributed by atoms with Crippen molar-refractivity contribution in [3.8, 4) is 0 Å². The number of thioether (sulfide) groups is 1. The number of hydrogen-bond donors (Lipinski definition) is 4. The van der Waals surface area contributed by atoms with Crippen LogP contribution in [0.1, 0.15) is 53.9 Å². The Balaban J connectivity index is 1.42. The standard InChI is InChI=1S/C25H28N4O6S/c30-13-17-3-5-18(6-4-17)21-11-20(14-36-25-27-15-28-29-25)34-24(35-21)19-7-1-16(2-8-19)12-26-22(31)9-10-23(32)33/h1-8,15,20-21,24,30H,9-14H2,(H,26,31)(H,32,33)(H,27,28,29)/t20-,21+,24+/m0/s1. The van der Waals surface area contributed by atoms with Gasteiger partial charge in [-0.25, -0.2) is 4.98 Å². The van der Waals surface area contributed by atoms with Crippen molar-refractivity contribution < 1.29 is 29.3 Å². The van der Waals surface area contributed by atoms with Crippen LogP contribution in [0.2, 0.25) is 0 Å². The van der Waals surface area contributed by atoms with Crippen molar-refractivity contribution in [1.29, 1.82) is 0 Å². The van der Waals surface area contributed by atoms with Crippen molar-refractivity contribution in [3.05, 3.63) is 77.1 Å². The third-order valence-corrected chi connectivity index (χ3v) is 6.73. The third kappa shape index (κ3) is 7.37. The molecule has 0 bridgehead atoms. The largest absolute Gasteiger partial charge is 0.481 e. The van der Waals surface area contributed by atoms with Gasteiger partial charge in [-0.1, -0.05) is 60.3 Å². The average Bonchev–Trinajstić information content (AvgIpc) is 3.43. The van der Waals surface area contributed by atoms with Gasteiger partial charge in [-0.2, -0.15) is 5.10 Å². The third-order valence-electron chi connectivity index (χ3n) is 5.72. The summed E-state index contributed by atoms with van der Waals surface area (Å²) in [6.45, 7) is 0.293. The Hall–Kier alpha value is -3.25. The van der Waals surface area contributed by atoms with Gasteiger partial charge in [0.1, 0.15) is 6.33 Å². The van der Waals surface area contributed by atoms with Gasteiger partial charge in [-0.3, -0.25) is 14.7 Å². The molecule has 3 atom stereocenters. The molecule has 1 amide bonds. The lowest BCUT2D eigenvalue weighted by Gasteiger charge is -2.36. The predicted octanol–water partition coefficient (Wildman–Crippen LogP) is 3.12. The van der Waals surface area contributed by atoms with Crippen LogP contribution in [0.15, 0.2) is 60.0 Å². The topological polar surface area (TPSA) is 147 Å². The molecule has 11 heteroatoms. The number of ether oxygens (including phenoxy) is 2. The predicted molar refractivity (Wildman–Crippen MR) is 131 cm³/mol. The van der Waals surface area contributed by atoms with Crippen LogP contribution in [-0.4, -0.2) is 49.1 Å². The number of nitrogens with zero attached hydrogens (tertiary/aromatic N) is 2. The SMILES string of the molecule is O=C(O)CCC(=O)NCc1ccc([C@@H]2O[C@H](CSc3ncn[nH]3)C[C@H](c3ccc(CO)cc3)O2)cc1. The number of H-pyrrole nitrogens is 1. The Labute approximate surface area is 212 Å². The number of aromatic amines is 1. The van der Waals surface area contributed by atoms with Gasteiger partial charge < -0.3 is 25.0 Å². The maximum absolute atomic E-state index is 11.8. The Kier molecular flexibility index (Phi) is 9.06. The Bertz CT molecular complexity index is 1120. The number of rotatable bonds is 11. The van der Waals surface area contributed by atoms with Crippen LogP contribution >= 0.6 is 11.8 Å². The minimum Gasteiger partial charge on any atom is -0.481 e. The van der Waals surface area contributed by atoms with E-state index in [1.165, 1.54) is 18.1 Å².